The number of hydrogen-bond donors (Lipinski definition) is 2. The van der Waals surface area contributed by atoms with Gasteiger partial charge in [0.25, 0.3) is 0 Å². The van der Waals surface area contributed by atoms with Crippen molar-refractivity contribution in [2.24, 2.45) is 5.92 Å². The molecular weight excluding hydrogens is 340 g/mol. The monoisotopic (exact) mass is 368 g/mol. The summed E-state index contributed by atoms with van der Waals surface area (Å²) in [5, 5.41) is 2.78. The Morgan fingerprint density at radius 2 is 2.00 bits per heavy atom. The van der Waals surface area contributed by atoms with Crippen LogP contribution in [0.15, 0.2) is 48.9 Å². The largest absolute Gasteiger partial charge is 0.348 e. The summed E-state index contributed by atoms with van der Waals surface area (Å²) in [6, 6.07) is 9.35. The summed E-state index contributed by atoms with van der Waals surface area (Å²) >= 11 is 0. The number of nitrogens with one attached hydrogen (secondary N) is 2. The molecule has 1 aromatic heterocycles. The van der Waals surface area contributed by atoms with Gasteiger partial charge >= 0.3 is 0 Å². The Hall–Kier alpha value is -2.89. The molecule has 6 heteroatoms. The van der Waals surface area contributed by atoms with Crippen LogP contribution in [-0.4, -0.2) is 45.8 Å². The smallest absolute Gasteiger partial charge is 0.245 e. The molecule has 0 aliphatic carbocycles. The zero-order chi connectivity index (χ0) is 19.6. The molecular formula is C21H28N4O2. The van der Waals surface area contributed by atoms with Crippen LogP contribution in [-0.2, 0) is 16.0 Å². The Morgan fingerprint density at radius 1 is 1.26 bits per heavy atom. The van der Waals surface area contributed by atoms with Gasteiger partial charge in [-0.1, -0.05) is 56.3 Å². The predicted octanol–water partition coefficient (Wildman–Crippen LogP) is 2.65. The van der Waals surface area contributed by atoms with E-state index in [2.05, 4.69) is 29.1 Å². The fraction of sp³-hybridized carbons (Fsp3) is 0.381. The fourth-order valence-electron chi connectivity index (χ4n) is 2.86. The van der Waals surface area contributed by atoms with Crippen LogP contribution in [0.3, 0.4) is 0 Å². The van der Waals surface area contributed by atoms with Gasteiger partial charge in [-0.05, 0) is 11.5 Å². The van der Waals surface area contributed by atoms with Crippen molar-refractivity contribution in [3.63, 3.8) is 0 Å². The van der Waals surface area contributed by atoms with E-state index in [1.165, 1.54) is 6.92 Å². The molecule has 0 unspecified atom stereocenters. The average Bonchev–Trinajstić information content (AvgIpc) is 3.13. The van der Waals surface area contributed by atoms with Gasteiger partial charge in [0, 0.05) is 38.3 Å². The summed E-state index contributed by atoms with van der Waals surface area (Å²) < 4.78 is 0. The third kappa shape index (κ3) is 7.09. The van der Waals surface area contributed by atoms with E-state index in [1.54, 1.807) is 17.4 Å². The van der Waals surface area contributed by atoms with Crippen LogP contribution >= 0.6 is 0 Å². The number of amides is 2. The number of carbonyl (C=O) groups excluding carboxylic acids is 2. The van der Waals surface area contributed by atoms with Crippen molar-refractivity contribution in [2.75, 3.05) is 13.1 Å². The number of H-pyrrole nitrogens is 1. The van der Waals surface area contributed by atoms with E-state index in [1.807, 2.05) is 42.5 Å². The van der Waals surface area contributed by atoms with E-state index in [9.17, 15) is 9.59 Å². The van der Waals surface area contributed by atoms with Crippen LogP contribution in [0.2, 0.25) is 0 Å². The van der Waals surface area contributed by atoms with Crippen LogP contribution in [0.25, 0.3) is 6.08 Å². The normalized spacial score (nSPS) is 12.3. The minimum absolute atomic E-state index is 0.0915. The van der Waals surface area contributed by atoms with Crippen molar-refractivity contribution in [3.05, 3.63) is 60.2 Å². The molecule has 27 heavy (non-hydrogen) atoms. The average molecular weight is 368 g/mol. The minimum Gasteiger partial charge on any atom is -0.348 e. The SMILES string of the molecule is CC(=O)N[C@@H](Cc1cnc[nH]1)C(=O)N(CC=Cc1ccccc1)CC(C)C. The lowest BCUT2D eigenvalue weighted by Crippen LogP contribution is -2.50. The molecule has 0 saturated heterocycles. The van der Waals surface area contributed by atoms with E-state index in [4.69, 9.17) is 0 Å². The van der Waals surface area contributed by atoms with Crippen LogP contribution in [0.4, 0.5) is 0 Å². The van der Waals surface area contributed by atoms with Crippen molar-refractivity contribution in [1.82, 2.24) is 20.2 Å². The maximum absolute atomic E-state index is 13.1. The van der Waals surface area contributed by atoms with Gasteiger partial charge in [-0.3, -0.25) is 9.59 Å². The first-order chi connectivity index (χ1) is 13.0. The molecule has 1 heterocycles. The third-order valence-electron chi connectivity index (χ3n) is 3.99. The zero-order valence-corrected chi connectivity index (χ0v) is 16.2. The number of aromatic amines is 1. The molecule has 0 fully saturated rings. The quantitative estimate of drug-likeness (QED) is 0.714. The second-order valence-corrected chi connectivity index (χ2v) is 6.98. The van der Waals surface area contributed by atoms with Crippen LogP contribution in [0, 0.1) is 5.92 Å². The fourth-order valence-corrected chi connectivity index (χ4v) is 2.86. The lowest BCUT2D eigenvalue weighted by atomic mass is 10.1. The van der Waals surface area contributed by atoms with E-state index in [0.29, 0.717) is 25.4 Å². The highest BCUT2D eigenvalue weighted by Gasteiger charge is 2.25. The highest BCUT2D eigenvalue weighted by Crippen LogP contribution is 2.08. The first-order valence-electron chi connectivity index (χ1n) is 9.20. The highest BCUT2D eigenvalue weighted by molar-refractivity contribution is 5.87. The second kappa shape index (κ2) is 10.3. The number of aromatic nitrogens is 2. The molecule has 2 amide bonds. The van der Waals surface area contributed by atoms with Crippen molar-refractivity contribution in [1.29, 1.82) is 0 Å². The summed E-state index contributed by atoms with van der Waals surface area (Å²) in [4.78, 5) is 33.5. The first-order valence-corrected chi connectivity index (χ1v) is 9.20. The van der Waals surface area contributed by atoms with E-state index in [0.717, 1.165) is 11.3 Å². The molecule has 6 nitrogen and oxygen atoms in total. The molecule has 0 radical (unpaired) electrons. The zero-order valence-electron chi connectivity index (χ0n) is 16.2. The summed E-state index contributed by atoms with van der Waals surface area (Å²) in [7, 11) is 0. The standard InChI is InChI=1S/C21H28N4O2/c1-16(2)14-25(11-7-10-18-8-5-4-6-9-18)21(27)20(24-17(3)26)12-19-13-22-15-23-19/h4-10,13,15-16,20H,11-12,14H2,1-3H3,(H,22,23)(H,24,26)/t20-/m0/s1. The maximum atomic E-state index is 13.1. The van der Waals surface area contributed by atoms with Gasteiger partial charge in [0.1, 0.15) is 6.04 Å². The molecule has 0 spiro atoms. The predicted molar refractivity (Wildman–Crippen MR) is 107 cm³/mol. The molecule has 2 N–H and O–H groups in total. The summed E-state index contributed by atoms with van der Waals surface area (Å²) in [6.07, 6.45) is 7.61. The summed E-state index contributed by atoms with van der Waals surface area (Å²) in [5.74, 6) is 0.00705. The van der Waals surface area contributed by atoms with Crippen LogP contribution < -0.4 is 5.32 Å². The Labute approximate surface area is 160 Å². The van der Waals surface area contributed by atoms with Crippen molar-refractivity contribution in [2.45, 2.75) is 33.2 Å². The maximum Gasteiger partial charge on any atom is 0.245 e. The Morgan fingerprint density at radius 3 is 2.59 bits per heavy atom. The second-order valence-electron chi connectivity index (χ2n) is 6.98. The molecule has 2 rings (SSSR count). The Balaban J connectivity index is 2.11. The van der Waals surface area contributed by atoms with E-state index >= 15 is 0 Å². The number of carbonyl (C=O) groups is 2. The molecule has 0 aliphatic heterocycles. The van der Waals surface area contributed by atoms with E-state index in [-0.39, 0.29) is 11.8 Å². The van der Waals surface area contributed by atoms with Gasteiger partial charge in [0.05, 0.1) is 6.33 Å². The number of rotatable bonds is 9. The minimum atomic E-state index is -0.619. The molecule has 1 aromatic carbocycles. The molecule has 1 atom stereocenters. The van der Waals surface area contributed by atoms with Gasteiger partial charge in [0.15, 0.2) is 0 Å². The molecule has 2 aromatic rings. The number of imidazole rings is 1. The van der Waals surface area contributed by atoms with E-state index < -0.39 is 6.04 Å². The van der Waals surface area contributed by atoms with Gasteiger partial charge in [-0.2, -0.15) is 0 Å². The highest BCUT2D eigenvalue weighted by atomic mass is 16.2. The van der Waals surface area contributed by atoms with Gasteiger partial charge < -0.3 is 15.2 Å². The molecule has 0 bridgehead atoms. The first kappa shape index (κ1) is 20.4. The number of hydrogen-bond acceptors (Lipinski definition) is 3. The Bertz CT molecular complexity index is 739. The molecule has 0 aliphatic rings. The number of benzene rings is 1. The summed E-state index contributed by atoms with van der Waals surface area (Å²) in [6.45, 7) is 6.68. The summed E-state index contributed by atoms with van der Waals surface area (Å²) in [5.41, 5.74) is 1.90. The van der Waals surface area contributed by atoms with Crippen molar-refractivity contribution < 1.29 is 9.59 Å². The van der Waals surface area contributed by atoms with Gasteiger partial charge in [-0.15, -0.1) is 0 Å². The van der Waals surface area contributed by atoms with Crippen molar-refractivity contribution >= 4 is 17.9 Å². The lowest BCUT2D eigenvalue weighted by Gasteiger charge is -2.28. The van der Waals surface area contributed by atoms with Crippen molar-refractivity contribution in [3.8, 4) is 0 Å². The topological polar surface area (TPSA) is 78.1 Å². The Kier molecular flexibility index (Phi) is 7.79. The van der Waals surface area contributed by atoms with Crippen LogP contribution in [0.1, 0.15) is 32.0 Å². The molecule has 144 valence electrons. The van der Waals surface area contributed by atoms with Gasteiger partial charge in [-0.25, -0.2) is 4.98 Å². The molecule has 0 saturated carbocycles. The number of nitrogens with zero attached hydrogens (tertiary/aromatic N) is 2. The van der Waals surface area contributed by atoms with Crippen LogP contribution in [0.5, 0.6) is 0 Å². The lowest BCUT2D eigenvalue weighted by molar-refractivity contribution is -0.136. The third-order valence-corrected chi connectivity index (χ3v) is 3.99. The van der Waals surface area contributed by atoms with Gasteiger partial charge in [0.2, 0.25) is 11.8 Å².